The summed E-state index contributed by atoms with van der Waals surface area (Å²) in [5.74, 6) is 0.0634. The monoisotopic (exact) mass is 359 g/mol. The van der Waals surface area contributed by atoms with Gasteiger partial charge in [-0.25, -0.2) is 8.42 Å². The van der Waals surface area contributed by atoms with Crippen molar-refractivity contribution in [3.8, 4) is 0 Å². The van der Waals surface area contributed by atoms with Gasteiger partial charge in [0.05, 0.1) is 5.02 Å². The molecule has 0 saturated carbocycles. The normalized spacial score (nSPS) is 16.8. The molecule has 8 heteroatoms. The molecule has 1 heterocycles. The van der Waals surface area contributed by atoms with Crippen molar-refractivity contribution < 1.29 is 13.2 Å². The molecule has 6 nitrogen and oxygen atoms in total. The fourth-order valence-electron chi connectivity index (χ4n) is 2.45. The smallest absolute Gasteiger partial charge is 0.244 e. The van der Waals surface area contributed by atoms with E-state index >= 15 is 0 Å². The Hall–Kier alpha value is -1.15. The molecular formula is C15H22ClN3O3S. The molecule has 1 aromatic carbocycles. The number of piperazine rings is 1. The summed E-state index contributed by atoms with van der Waals surface area (Å²) in [5.41, 5.74) is 0. The van der Waals surface area contributed by atoms with Gasteiger partial charge < -0.3 is 9.80 Å². The van der Waals surface area contributed by atoms with E-state index in [-0.39, 0.29) is 15.8 Å². The lowest BCUT2D eigenvalue weighted by atomic mass is 10.3. The standard InChI is InChI=1S/C15H22ClN3O3S/c1-17(2)8-7-15(20)18-9-11-19(12-10-18)23(21,22)14-6-4-3-5-13(14)16/h3-6H,7-12H2,1-2H3. The molecule has 1 aliphatic heterocycles. The van der Waals surface area contributed by atoms with Gasteiger partial charge in [0.25, 0.3) is 0 Å². The highest BCUT2D eigenvalue weighted by Gasteiger charge is 2.31. The van der Waals surface area contributed by atoms with E-state index in [1.807, 2.05) is 19.0 Å². The molecule has 2 rings (SSSR count). The molecule has 0 aromatic heterocycles. The highest BCUT2D eigenvalue weighted by Crippen LogP contribution is 2.25. The van der Waals surface area contributed by atoms with Crippen LogP contribution in [0.25, 0.3) is 0 Å². The first-order valence-corrected chi connectivity index (χ1v) is 9.31. The number of rotatable bonds is 5. The predicted molar refractivity (Wildman–Crippen MR) is 90.0 cm³/mol. The maximum absolute atomic E-state index is 12.6. The van der Waals surface area contributed by atoms with Gasteiger partial charge in [-0.2, -0.15) is 4.31 Å². The van der Waals surface area contributed by atoms with E-state index in [4.69, 9.17) is 11.6 Å². The number of halogens is 1. The largest absolute Gasteiger partial charge is 0.340 e. The Morgan fingerprint density at radius 2 is 1.78 bits per heavy atom. The molecule has 0 bridgehead atoms. The summed E-state index contributed by atoms with van der Waals surface area (Å²) in [7, 11) is 0.224. The molecule has 1 amide bonds. The summed E-state index contributed by atoms with van der Waals surface area (Å²) in [6, 6.07) is 6.42. The van der Waals surface area contributed by atoms with E-state index in [2.05, 4.69) is 0 Å². The molecule has 0 radical (unpaired) electrons. The first-order chi connectivity index (χ1) is 10.8. The maximum atomic E-state index is 12.6. The summed E-state index contributed by atoms with van der Waals surface area (Å²) in [5, 5.41) is 0.219. The van der Waals surface area contributed by atoms with Gasteiger partial charge in [0.15, 0.2) is 0 Å². The Labute approximate surface area is 142 Å². The van der Waals surface area contributed by atoms with Gasteiger partial charge in [-0.15, -0.1) is 0 Å². The second kappa shape index (κ2) is 7.61. The average Bonchev–Trinajstić information content (AvgIpc) is 2.53. The number of hydrogen-bond donors (Lipinski definition) is 0. The molecule has 1 saturated heterocycles. The number of hydrogen-bond acceptors (Lipinski definition) is 4. The second-order valence-corrected chi connectivity index (χ2v) is 8.08. The van der Waals surface area contributed by atoms with Crippen molar-refractivity contribution in [2.75, 3.05) is 46.8 Å². The first-order valence-electron chi connectivity index (χ1n) is 7.49. The number of carbonyl (C=O) groups excluding carboxylic acids is 1. The molecule has 128 valence electrons. The van der Waals surface area contributed by atoms with Gasteiger partial charge >= 0.3 is 0 Å². The van der Waals surface area contributed by atoms with Crippen molar-refractivity contribution >= 4 is 27.5 Å². The molecule has 0 aliphatic carbocycles. The summed E-state index contributed by atoms with van der Waals surface area (Å²) in [6.45, 7) is 2.10. The van der Waals surface area contributed by atoms with Crippen LogP contribution >= 0.6 is 11.6 Å². The van der Waals surface area contributed by atoms with Crippen LogP contribution in [0.4, 0.5) is 0 Å². The number of benzene rings is 1. The fraction of sp³-hybridized carbons (Fsp3) is 0.533. The lowest BCUT2D eigenvalue weighted by molar-refractivity contribution is -0.132. The van der Waals surface area contributed by atoms with E-state index in [1.165, 1.54) is 10.4 Å². The van der Waals surface area contributed by atoms with Crippen LogP contribution in [-0.4, -0.2) is 75.2 Å². The van der Waals surface area contributed by atoms with Gasteiger partial charge in [0.1, 0.15) is 4.90 Å². The minimum Gasteiger partial charge on any atom is -0.340 e. The van der Waals surface area contributed by atoms with Crippen molar-refractivity contribution in [1.82, 2.24) is 14.1 Å². The third-order valence-corrected chi connectivity index (χ3v) is 6.22. The summed E-state index contributed by atoms with van der Waals surface area (Å²) >= 11 is 6.00. The Morgan fingerprint density at radius 1 is 1.17 bits per heavy atom. The highest BCUT2D eigenvalue weighted by atomic mass is 35.5. The Morgan fingerprint density at radius 3 is 2.35 bits per heavy atom. The van der Waals surface area contributed by atoms with Crippen LogP contribution < -0.4 is 0 Å². The quantitative estimate of drug-likeness (QED) is 0.790. The second-order valence-electron chi connectivity index (χ2n) is 5.77. The zero-order chi connectivity index (χ0) is 17.0. The minimum atomic E-state index is -3.61. The molecule has 23 heavy (non-hydrogen) atoms. The van der Waals surface area contributed by atoms with Crippen LogP contribution in [-0.2, 0) is 14.8 Å². The number of sulfonamides is 1. The van der Waals surface area contributed by atoms with Crippen LogP contribution in [0, 0.1) is 0 Å². The van der Waals surface area contributed by atoms with E-state index in [9.17, 15) is 13.2 Å². The average molecular weight is 360 g/mol. The molecule has 0 spiro atoms. The van der Waals surface area contributed by atoms with Crippen LogP contribution in [0.1, 0.15) is 6.42 Å². The fourth-order valence-corrected chi connectivity index (χ4v) is 4.36. The van der Waals surface area contributed by atoms with Crippen molar-refractivity contribution in [3.05, 3.63) is 29.3 Å². The molecule has 1 fully saturated rings. The van der Waals surface area contributed by atoms with Crippen molar-refractivity contribution in [1.29, 1.82) is 0 Å². The van der Waals surface area contributed by atoms with Gasteiger partial charge in [-0.1, -0.05) is 23.7 Å². The number of amides is 1. The third-order valence-electron chi connectivity index (χ3n) is 3.82. The van der Waals surface area contributed by atoms with E-state index in [1.54, 1.807) is 23.1 Å². The van der Waals surface area contributed by atoms with Crippen LogP contribution in [0.15, 0.2) is 29.2 Å². The molecule has 1 aromatic rings. The minimum absolute atomic E-state index is 0.0634. The van der Waals surface area contributed by atoms with Gasteiger partial charge in [0, 0.05) is 39.1 Å². The zero-order valence-electron chi connectivity index (χ0n) is 13.4. The Kier molecular flexibility index (Phi) is 6.02. The van der Waals surface area contributed by atoms with Gasteiger partial charge in [-0.05, 0) is 26.2 Å². The molecule has 1 aliphatic rings. The maximum Gasteiger partial charge on any atom is 0.244 e. The van der Waals surface area contributed by atoms with Crippen molar-refractivity contribution in [3.63, 3.8) is 0 Å². The Balaban J connectivity index is 1.99. The summed E-state index contributed by atoms with van der Waals surface area (Å²) in [6.07, 6.45) is 0.449. The SMILES string of the molecule is CN(C)CCC(=O)N1CCN(S(=O)(=O)c2ccccc2Cl)CC1. The lowest BCUT2D eigenvalue weighted by Crippen LogP contribution is -2.50. The zero-order valence-corrected chi connectivity index (χ0v) is 15.0. The number of carbonyl (C=O) groups is 1. The summed E-state index contributed by atoms with van der Waals surface area (Å²) < 4.78 is 26.7. The predicted octanol–water partition coefficient (Wildman–Crippen LogP) is 1.12. The van der Waals surface area contributed by atoms with Crippen molar-refractivity contribution in [2.24, 2.45) is 0 Å². The number of nitrogens with zero attached hydrogens (tertiary/aromatic N) is 3. The van der Waals surface area contributed by atoms with Crippen molar-refractivity contribution in [2.45, 2.75) is 11.3 Å². The van der Waals surface area contributed by atoms with Gasteiger partial charge in [-0.3, -0.25) is 4.79 Å². The highest BCUT2D eigenvalue weighted by molar-refractivity contribution is 7.89. The third kappa shape index (κ3) is 4.44. The van der Waals surface area contributed by atoms with Crippen LogP contribution in [0.2, 0.25) is 5.02 Å². The van der Waals surface area contributed by atoms with E-state index in [0.29, 0.717) is 39.1 Å². The first kappa shape index (κ1) is 18.2. The topological polar surface area (TPSA) is 60.9 Å². The van der Waals surface area contributed by atoms with Crippen LogP contribution in [0.5, 0.6) is 0 Å². The molecule has 0 atom stereocenters. The van der Waals surface area contributed by atoms with E-state index in [0.717, 1.165) is 0 Å². The lowest BCUT2D eigenvalue weighted by Gasteiger charge is -2.34. The van der Waals surface area contributed by atoms with E-state index < -0.39 is 10.0 Å². The summed E-state index contributed by atoms with van der Waals surface area (Å²) in [4.78, 5) is 15.9. The molecule has 0 unspecified atom stereocenters. The molecule has 0 N–H and O–H groups in total. The molecular weight excluding hydrogens is 338 g/mol. The Bertz CT molecular complexity index is 656. The van der Waals surface area contributed by atoms with Crippen LogP contribution in [0.3, 0.4) is 0 Å². The van der Waals surface area contributed by atoms with Gasteiger partial charge in [0.2, 0.25) is 15.9 Å².